The van der Waals surface area contributed by atoms with Gasteiger partial charge in [-0.1, -0.05) is 35.4 Å². The highest BCUT2D eigenvalue weighted by molar-refractivity contribution is 6.31. The van der Waals surface area contributed by atoms with Gasteiger partial charge in [0.05, 0.1) is 0 Å². The first-order chi connectivity index (χ1) is 9.22. The minimum atomic E-state index is 0.613. The van der Waals surface area contributed by atoms with Gasteiger partial charge in [-0.2, -0.15) is 0 Å². The van der Waals surface area contributed by atoms with E-state index in [2.05, 4.69) is 19.1 Å². The average Bonchev–Trinajstić information content (AvgIpc) is 2.43. The molecule has 2 aromatic rings. The van der Waals surface area contributed by atoms with E-state index in [9.17, 15) is 0 Å². The van der Waals surface area contributed by atoms with Gasteiger partial charge in [0, 0.05) is 5.02 Å². The second kappa shape index (κ2) is 5.14. The Morgan fingerprint density at radius 3 is 2.63 bits per heavy atom. The van der Waals surface area contributed by atoms with Gasteiger partial charge >= 0.3 is 0 Å². The van der Waals surface area contributed by atoms with Gasteiger partial charge in [-0.3, -0.25) is 0 Å². The molecule has 1 aliphatic heterocycles. The van der Waals surface area contributed by atoms with E-state index < -0.39 is 0 Å². The van der Waals surface area contributed by atoms with Crippen LogP contribution in [0.1, 0.15) is 16.7 Å². The van der Waals surface area contributed by atoms with E-state index >= 15 is 0 Å². The van der Waals surface area contributed by atoms with Crippen LogP contribution in [-0.4, -0.2) is 13.2 Å². The molecule has 0 saturated heterocycles. The van der Waals surface area contributed by atoms with Crippen LogP contribution < -0.4 is 9.47 Å². The monoisotopic (exact) mass is 274 g/mol. The van der Waals surface area contributed by atoms with Gasteiger partial charge in [0.1, 0.15) is 13.2 Å². The zero-order valence-electron chi connectivity index (χ0n) is 10.8. The van der Waals surface area contributed by atoms with Gasteiger partial charge in [-0.15, -0.1) is 0 Å². The van der Waals surface area contributed by atoms with Gasteiger partial charge in [0.25, 0.3) is 0 Å². The van der Waals surface area contributed by atoms with Crippen LogP contribution in [0.4, 0.5) is 0 Å². The number of hydrogen-bond acceptors (Lipinski definition) is 2. The molecule has 19 heavy (non-hydrogen) atoms. The smallest absolute Gasteiger partial charge is 0.161 e. The number of rotatable bonds is 2. The molecule has 0 amide bonds. The summed E-state index contributed by atoms with van der Waals surface area (Å²) in [6.07, 6.45) is 0.803. The van der Waals surface area contributed by atoms with Crippen LogP contribution in [0.3, 0.4) is 0 Å². The summed E-state index contributed by atoms with van der Waals surface area (Å²) in [6, 6.07) is 12.2. The molecule has 0 aromatic heterocycles. The number of fused-ring (bicyclic) bond motifs is 1. The van der Waals surface area contributed by atoms with Gasteiger partial charge in [-0.05, 0) is 42.7 Å². The maximum atomic E-state index is 6.23. The third-order valence-corrected chi connectivity index (χ3v) is 3.57. The van der Waals surface area contributed by atoms with E-state index in [0.29, 0.717) is 13.2 Å². The van der Waals surface area contributed by atoms with E-state index in [-0.39, 0.29) is 0 Å². The van der Waals surface area contributed by atoms with E-state index in [1.807, 2.05) is 24.3 Å². The highest BCUT2D eigenvalue weighted by atomic mass is 35.5. The maximum absolute atomic E-state index is 6.23. The van der Waals surface area contributed by atoms with E-state index in [0.717, 1.165) is 28.5 Å². The number of benzene rings is 2. The quantitative estimate of drug-likeness (QED) is 0.824. The fraction of sp³-hybridized carbons (Fsp3) is 0.250. The number of ether oxygens (including phenoxy) is 2. The first kappa shape index (κ1) is 12.4. The average molecular weight is 275 g/mol. The van der Waals surface area contributed by atoms with Crippen molar-refractivity contribution in [3.8, 4) is 11.5 Å². The molecule has 0 N–H and O–H groups in total. The predicted octanol–water partition coefficient (Wildman–Crippen LogP) is 4.01. The maximum Gasteiger partial charge on any atom is 0.161 e. The summed E-state index contributed by atoms with van der Waals surface area (Å²) in [5.41, 5.74) is 3.53. The molecule has 0 unspecified atom stereocenters. The molecule has 2 aromatic carbocycles. The minimum absolute atomic E-state index is 0.613. The zero-order valence-corrected chi connectivity index (χ0v) is 11.5. The molecule has 0 spiro atoms. The van der Waals surface area contributed by atoms with Crippen molar-refractivity contribution in [2.45, 2.75) is 13.3 Å². The Kier molecular flexibility index (Phi) is 3.34. The number of hydrogen-bond donors (Lipinski definition) is 0. The van der Waals surface area contributed by atoms with E-state index in [4.69, 9.17) is 21.1 Å². The molecule has 3 rings (SSSR count). The number of aryl methyl sites for hydroxylation is 1. The van der Waals surface area contributed by atoms with Crippen molar-refractivity contribution in [3.05, 3.63) is 58.1 Å². The molecule has 0 aliphatic carbocycles. The highest BCUT2D eigenvalue weighted by Gasteiger charge is 2.12. The Morgan fingerprint density at radius 1 is 1.00 bits per heavy atom. The Morgan fingerprint density at radius 2 is 1.79 bits per heavy atom. The van der Waals surface area contributed by atoms with Gasteiger partial charge in [0.15, 0.2) is 11.5 Å². The molecular formula is C16H15ClO2. The van der Waals surface area contributed by atoms with Crippen LogP contribution in [0.2, 0.25) is 5.02 Å². The lowest BCUT2D eigenvalue weighted by Gasteiger charge is -2.19. The molecule has 98 valence electrons. The molecule has 1 aliphatic rings. The molecule has 2 nitrogen and oxygen atoms in total. The lowest BCUT2D eigenvalue weighted by Crippen LogP contribution is -2.15. The second-order valence-electron chi connectivity index (χ2n) is 4.75. The largest absolute Gasteiger partial charge is 0.486 e. The van der Waals surface area contributed by atoms with Crippen LogP contribution in [0.15, 0.2) is 36.4 Å². The summed E-state index contributed by atoms with van der Waals surface area (Å²) >= 11 is 6.23. The molecule has 3 heteroatoms. The lowest BCUT2D eigenvalue weighted by atomic mass is 10.0. The van der Waals surface area contributed by atoms with Crippen LogP contribution >= 0.6 is 11.6 Å². The van der Waals surface area contributed by atoms with Crippen LogP contribution in [-0.2, 0) is 6.42 Å². The normalized spacial score (nSPS) is 13.4. The summed E-state index contributed by atoms with van der Waals surface area (Å²) < 4.78 is 11.1. The van der Waals surface area contributed by atoms with E-state index in [1.165, 1.54) is 11.1 Å². The fourth-order valence-corrected chi connectivity index (χ4v) is 2.44. The second-order valence-corrected chi connectivity index (χ2v) is 5.16. The third kappa shape index (κ3) is 2.69. The van der Waals surface area contributed by atoms with Gasteiger partial charge < -0.3 is 9.47 Å². The molecule has 0 radical (unpaired) electrons. The Hall–Kier alpha value is -1.67. The summed E-state index contributed by atoms with van der Waals surface area (Å²) in [5.74, 6) is 1.65. The first-order valence-electron chi connectivity index (χ1n) is 6.36. The Labute approximate surface area is 117 Å². The molecule has 1 heterocycles. The zero-order chi connectivity index (χ0) is 13.2. The third-order valence-electron chi connectivity index (χ3n) is 3.20. The molecular weight excluding hydrogens is 260 g/mol. The van der Waals surface area contributed by atoms with Crippen molar-refractivity contribution in [2.24, 2.45) is 0 Å². The topological polar surface area (TPSA) is 18.5 Å². The molecule has 0 fully saturated rings. The van der Waals surface area contributed by atoms with Crippen LogP contribution in [0.5, 0.6) is 11.5 Å². The van der Waals surface area contributed by atoms with Crippen molar-refractivity contribution in [3.63, 3.8) is 0 Å². The van der Waals surface area contributed by atoms with Crippen LogP contribution in [0, 0.1) is 6.92 Å². The standard InChI is InChI=1S/C16H15ClO2/c1-11-2-4-14(17)13(8-11)9-12-3-5-15-16(10-12)19-7-6-18-15/h2-5,8,10H,6-7,9H2,1H3. The van der Waals surface area contributed by atoms with Crippen molar-refractivity contribution in [1.29, 1.82) is 0 Å². The van der Waals surface area contributed by atoms with Crippen LogP contribution in [0.25, 0.3) is 0 Å². The van der Waals surface area contributed by atoms with E-state index in [1.54, 1.807) is 0 Å². The summed E-state index contributed by atoms with van der Waals surface area (Å²) in [6.45, 7) is 3.31. The van der Waals surface area contributed by atoms with Crippen molar-refractivity contribution < 1.29 is 9.47 Å². The van der Waals surface area contributed by atoms with Crippen molar-refractivity contribution in [1.82, 2.24) is 0 Å². The van der Waals surface area contributed by atoms with Crippen molar-refractivity contribution in [2.75, 3.05) is 13.2 Å². The Balaban J connectivity index is 1.89. The molecule has 0 saturated carbocycles. The predicted molar refractivity (Wildman–Crippen MR) is 76.4 cm³/mol. The first-order valence-corrected chi connectivity index (χ1v) is 6.74. The number of halogens is 1. The van der Waals surface area contributed by atoms with Gasteiger partial charge in [0.2, 0.25) is 0 Å². The molecule has 0 atom stereocenters. The van der Waals surface area contributed by atoms with Crippen molar-refractivity contribution >= 4 is 11.6 Å². The summed E-state index contributed by atoms with van der Waals surface area (Å²) in [7, 11) is 0. The molecule has 0 bridgehead atoms. The van der Waals surface area contributed by atoms with Gasteiger partial charge in [-0.25, -0.2) is 0 Å². The fourth-order valence-electron chi connectivity index (χ4n) is 2.26. The summed E-state index contributed by atoms with van der Waals surface area (Å²) in [5, 5.41) is 0.806. The SMILES string of the molecule is Cc1ccc(Cl)c(Cc2ccc3c(c2)OCCO3)c1. The lowest BCUT2D eigenvalue weighted by molar-refractivity contribution is 0.171. The highest BCUT2D eigenvalue weighted by Crippen LogP contribution is 2.32. The summed E-state index contributed by atoms with van der Waals surface area (Å²) in [4.78, 5) is 0. The Bertz CT molecular complexity index is 608. The minimum Gasteiger partial charge on any atom is -0.486 e.